The Kier molecular flexibility index (Phi) is 2.57. The minimum atomic E-state index is -0.0879. The lowest BCUT2D eigenvalue weighted by Gasteiger charge is -2.05. The average molecular weight is 240 g/mol. The molecule has 1 aromatic carbocycles. The number of aromatic amines is 2. The number of anilines is 1. The van der Waals surface area contributed by atoms with Gasteiger partial charge in [0.25, 0.3) is 5.56 Å². The van der Waals surface area contributed by atoms with Crippen molar-refractivity contribution in [2.45, 2.75) is 6.54 Å². The molecule has 0 amide bonds. The summed E-state index contributed by atoms with van der Waals surface area (Å²) in [6.07, 6.45) is 3.46. The molecule has 0 aliphatic heterocycles. The van der Waals surface area contributed by atoms with Gasteiger partial charge in [-0.05, 0) is 17.5 Å². The average Bonchev–Trinajstić information content (AvgIpc) is 2.90. The fraction of sp³-hybridized carbons (Fsp3) is 0.0769. The van der Waals surface area contributed by atoms with Crippen LogP contribution in [0.5, 0.6) is 0 Å². The normalized spacial score (nSPS) is 10.7. The van der Waals surface area contributed by atoms with E-state index in [1.54, 1.807) is 12.4 Å². The highest BCUT2D eigenvalue weighted by Crippen LogP contribution is 2.12. The van der Waals surface area contributed by atoms with Gasteiger partial charge in [0.05, 0.1) is 6.54 Å². The molecule has 0 spiro atoms. The molecule has 90 valence electrons. The molecule has 0 atom stereocenters. The van der Waals surface area contributed by atoms with Crippen LogP contribution in [0.3, 0.4) is 0 Å². The van der Waals surface area contributed by atoms with Crippen LogP contribution in [-0.2, 0) is 6.54 Å². The molecule has 0 aliphatic carbocycles. The van der Waals surface area contributed by atoms with E-state index in [-0.39, 0.29) is 5.56 Å². The number of hydrogen-bond acceptors (Lipinski definition) is 3. The van der Waals surface area contributed by atoms with Gasteiger partial charge < -0.3 is 15.3 Å². The molecular weight excluding hydrogens is 228 g/mol. The maximum absolute atomic E-state index is 11.8. The molecule has 3 rings (SSSR count). The van der Waals surface area contributed by atoms with Crippen LogP contribution < -0.4 is 10.9 Å². The molecule has 0 aliphatic rings. The topological polar surface area (TPSA) is 73.6 Å². The standard InChI is InChI=1S/C13H12N4O/c18-13-10-4-2-1-3-9(10)7-11(17-13)16-8-12-14-5-6-15-12/h1-7H,8H2,(H,14,15)(H2,16,17,18). The van der Waals surface area contributed by atoms with Gasteiger partial charge in [-0.25, -0.2) is 4.98 Å². The maximum Gasteiger partial charge on any atom is 0.257 e. The molecule has 18 heavy (non-hydrogen) atoms. The maximum atomic E-state index is 11.8. The van der Waals surface area contributed by atoms with E-state index >= 15 is 0 Å². The van der Waals surface area contributed by atoms with Crippen LogP contribution in [0.1, 0.15) is 5.82 Å². The summed E-state index contributed by atoms with van der Waals surface area (Å²) in [6.45, 7) is 0.543. The quantitative estimate of drug-likeness (QED) is 0.654. The zero-order valence-corrected chi connectivity index (χ0v) is 9.60. The third kappa shape index (κ3) is 1.98. The van der Waals surface area contributed by atoms with Crippen LogP contribution in [-0.4, -0.2) is 15.0 Å². The summed E-state index contributed by atoms with van der Waals surface area (Å²) in [4.78, 5) is 21.7. The molecule has 5 heteroatoms. The molecule has 0 bridgehead atoms. The first kappa shape index (κ1) is 10.6. The van der Waals surface area contributed by atoms with E-state index in [2.05, 4.69) is 20.3 Å². The smallest absolute Gasteiger partial charge is 0.257 e. The lowest BCUT2D eigenvalue weighted by Crippen LogP contribution is -2.11. The van der Waals surface area contributed by atoms with E-state index in [1.807, 2.05) is 30.3 Å². The van der Waals surface area contributed by atoms with E-state index in [9.17, 15) is 4.79 Å². The highest BCUT2D eigenvalue weighted by atomic mass is 16.1. The van der Waals surface area contributed by atoms with Crippen molar-refractivity contribution in [3.63, 3.8) is 0 Å². The zero-order chi connectivity index (χ0) is 12.4. The number of hydrogen-bond donors (Lipinski definition) is 3. The Hall–Kier alpha value is -2.56. The first-order valence-corrected chi connectivity index (χ1v) is 5.67. The van der Waals surface area contributed by atoms with Crippen molar-refractivity contribution >= 4 is 16.6 Å². The largest absolute Gasteiger partial charge is 0.364 e. The van der Waals surface area contributed by atoms with Crippen molar-refractivity contribution in [1.82, 2.24) is 15.0 Å². The summed E-state index contributed by atoms with van der Waals surface area (Å²) in [6, 6.07) is 9.42. The third-order valence-corrected chi connectivity index (χ3v) is 2.75. The second kappa shape index (κ2) is 4.37. The van der Waals surface area contributed by atoms with E-state index < -0.39 is 0 Å². The Morgan fingerprint density at radius 3 is 3.00 bits per heavy atom. The number of benzene rings is 1. The van der Waals surface area contributed by atoms with Crippen molar-refractivity contribution in [3.05, 3.63) is 58.9 Å². The first-order valence-electron chi connectivity index (χ1n) is 5.67. The summed E-state index contributed by atoms with van der Waals surface area (Å²) in [5.41, 5.74) is -0.0879. The molecule has 2 heterocycles. The number of nitrogens with zero attached hydrogens (tertiary/aromatic N) is 1. The van der Waals surface area contributed by atoms with Crippen LogP contribution >= 0.6 is 0 Å². The van der Waals surface area contributed by atoms with Crippen molar-refractivity contribution in [2.75, 3.05) is 5.32 Å². The van der Waals surface area contributed by atoms with Gasteiger partial charge in [0.1, 0.15) is 11.6 Å². The molecule has 0 unspecified atom stereocenters. The van der Waals surface area contributed by atoms with Crippen molar-refractivity contribution < 1.29 is 0 Å². The molecule has 0 saturated carbocycles. The SMILES string of the molecule is O=c1[nH]c(NCc2ncc[nH]2)cc2ccccc12. The van der Waals surface area contributed by atoms with Crippen LogP contribution in [0.15, 0.2) is 47.5 Å². The minimum absolute atomic E-state index is 0.0879. The summed E-state index contributed by atoms with van der Waals surface area (Å²) in [7, 11) is 0. The Morgan fingerprint density at radius 1 is 1.28 bits per heavy atom. The number of pyridine rings is 1. The van der Waals surface area contributed by atoms with Gasteiger partial charge in [-0.1, -0.05) is 18.2 Å². The predicted molar refractivity (Wildman–Crippen MR) is 70.5 cm³/mol. The number of fused-ring (bicyclic) bond motifs is 1. The number of nitrogens with one attached hydrogen (secondary N) is 3. The van der Waals surface area contributed by atoms with E-state index in [4.69, 9.17) is 0 Å². The minimum Gasteiger partial charge on any atom is -0.364 e. The summed E-state index contributed by atoms with van der Waals surface area (Å²) in [5, 5.41) is 4.75. The van der Waals surface area contributed by atoms with Gasteiger partial charge in [0.2, 0.25) is 0 Å². The summed E-state index contributed by atoms with van der Waals surface area (Å²) >= 11 is 0. The van der Waals surface area contributed by atoms with Crippen molar-refractivity contribution in [2.24, 2.45) is 0 Å². The molecule has 0 fully saturated rings. The van der Waals surface area contributed by atoms with Crippen molar-refractivity contribution in [1.29, 1.82) is 0 Å². The predicted octanol–water partition coefficient (Wildman–Crippen LogP) is 1.86. The zero-order valence-electron chi connectivity index (χ0n) is 9.60. The Morgan fingerprint density at radius 2 is 2.17 bits per heavy atom. The van der Waals surface area contributed by atoms with Crippen LogP contribution in [0.25, 0.3) is 10.8 Å². The fourth-order valence-corrected chi connectivity index (χ4v) is 1.88. The van der Waals surface area contributed by atoms with Crippen LogP contribution in [0.4, 0.5) is 5.82 Å². The molecule has 0 saturated heterocycles. The van der Waals surface area contributed by atoms with Crippen LogP contribution in [0.2, 0.25) is 0 Å². The van der Waals surface area contributed by atoms with Gasteiger partial charge in [-0.2, -0.15) is 0 Å². The van der Waals surface area contributed by atoms with Gasteiger partial charge in [-0.3, -0.25) is 4.79 Å². The highest BCUT2D eigenvalue weighted by Gasteiger charge is 2.01. The Labute approximate surface area is 103 Å². The van der Waals surface area contributed by atoms with E-state index in [0.717, 1.165) is 11.2 Å². The fourth-order valence-electron chi connectivity index (χ4n) is 1.88. The van der Waals surface area contributed by atoms with Gasteiger partial charge >= 0.3 is 0 Å². The van der Waals surface area contributed by atoms with Gasteiger partial charge in [-0.15, -0.1) is 0 Å². The molecule has 3 N–H and O–H groups in total. The molecular formula is C13H12N4O. The van der Waals surface area contributed by atoms with Crippen LogP contribution in [0, 0.1) is 0 Å². The monoisotopic (exact) mass is 240 g/mol. The van der Waals surface area contributed by atoms with Gasteiger partial charge in [0, 0.05) is 17.8 Å². The molecule has 0 radical (unpaired) electrons. The highest BCUT2D eigenvalue weighted by molar-refractivity contribution is 5.83. The lowest BCUT2D eigenvalue weighted by atomic mass is 10.2. The Bertz CT molecular complexity index is 715. The number of H-pyrrole nitrogens is 2. The molecule has 5 nitrogen and oxygen atoms in total. The summed E-state index contributed by atoms with van der Waals surface area (Å²) in [5.74, 6) is 1.51. The molecule has 2 aromatic heterocycles. The van der Waals surface area contributed by atoms with E-state index in [0.29, 0.717) is 17.7 Å². The molecule has 3 aromatic rings. The van der Waals surface area contributed by atoms with E-state index in [1.165, 1.54) is 0 Å². The summed E-state index contributed by atoms with van der Waals surface area (Å²) < 4.78 is 0. The second-order valence-corrected chi connectivity index (χ2v) is 3.99. The third-order valence-electron chi connectivity index (χ3n) is 2.75. The number of aromatic nitrogens is 3. The second-order valence-electron chi connectivity index (χ2n) is 3.99. The lowest BCUT2D eigenvalue weighted by molar-refractivity contribution is 0.987. The van der Waals surface area contributed by atoms with Gasteiger partial charge in [0.15, 0.2) is 0 Å². The van der Waals surface area contributed by atoms with Crippen molar-refractivity contribution in [3.8, 4) is 0 Å². The number of rotatable bonds is 3. The Balaban J connectivity index is 1.91. The number of imidazole rings is 1. The first-order chi connectivity index (χ1) is 8.83.